The number of anilines is 2. The molecule has 1 aliphatic rings. The van der Waals surface area contributed by atoms with Crippen molar-refractivity contribution in [1.29, 1.82) is 0 Å². The van der Waals surface area contributed by atoms with E-state index in [9.17, 15) is 4.21 Å². The van der Waals surface area contributed by atoms with Crippen LogP contribution in [0.25, 0.3) is 0 Å². The Bertz CT molecular complexity index is 458. The van der Waals surface area contributed by atoms with Crippen LogP contribution in [0.2, 0.25) is 0 Å². The van der Waals surface area contributed by atoms with Crippen molar-refractivity contribution in [1.82, 2.24) is 15.0 Å². The van der Waals surface area contributed by atoms with Gasteiger partial charge in [-0.1, -0.05) is 0 Å². The Morgan fingerprint density at radius 1 is 1.26 bits per heavy atom. The molecule has 0 saturated carbocycles. The first-order valence-corrected chi connectivity index (χ1v) is 7.77. The van der Waals surface area contributed by atoms with E-state index < -0.39 is 10.8 Å². The molecule has 0 atom stereocenters. The molecule has 0 unspecified atom stereocenters. The van der Waals surface area contributed by atoms with E-state index in [4.69, 9.17) is 4.74 Å². The van der Waals surface area contributed by atoms with Gasteiger partial charge in [0, 0.05) is 42.4 Å². The minimum atomic E-state index is -0.716. The molecule has 19 heavy (non-hydrogen) atoms. The average Bonchev–Trinajstić information content (AvgIpc) is 2.38. The summed E-state index contributed by atoms with van der Waals surface area (Å²) in [7, 11) is 1.04. The van der Waals surface area contributed by atoms with Crippen LogP contribution in [0.5, 0.6) is 6.01 Å². The molecule has 0 spiro atoms. The standard InChI is InChI=1S/C11H19N5O2S/c1-8(2)18-11-14-9(12-3)13-10(15-11)16-4-6-19(17)7-5-16/h8H,4-7H2,1-3H3,(H,12,13,14,15). The van der Waals surface area contributed by atoms with Crippen molar-refractivity contribution in [3.05, 3.63) is 0 Å². The maximum absolute atomic E-state index is 11.4. The van der Waals surface area contributed by atoms with Crippen LogP contribution in [0.3, 0.4) is 0 Å². The van der Waals surface area contributed by atoms with Gasteiger partial charge in [-0.05, 0) is 13.8 Å². The highest BCUT2D eigenvalue weighted by molar-refractivity contribution is 7.85. The van der Waals surface area contributed by atoms with Crippen LogP contribution in [0.1, 0.15) is 13.8 Å². The van der Waals surface area contributed by atoms with Gasteiger partial charge in [-0.3, -0.25) is 4.21 Å². The summed E-state index contributed by atoms with van der Waals surface area (Å²) in [5, 5.41) is 2.90. The molecule has 2 rings (SSSR count). The number of aromatic nitrogens is 3. The zero-order valence-corrected chi connectivity index (χ0v) is 12.2. The molecule has 0 amide bonds. The molecule has 0 bridgehead atoms. The lowest BCUT2D eigenvalue weighted by Gasteiger charge is -2.26. The van der Waals surface area contributed by atoms with E-state index in [2.05, 4.69) is 20.3 Å². The highest BCUT2D eigenvalue weighted by Gasteiger charge is 2.19. The number of ether oxygens (including phenoxy) is 1. The Morgan fingerprint density at radius 3 is 2.53 bits per heavy atom. The first kappa shape index (κ1) is 14.0. The van der Waals surface area contributed by atoms with E-state index in [0.29, 0.717) is 42.5 Å². The summed E-state index contributed by atoms with van der Waals surface area (Å²) in [5.41, 5.74) is 0. The lowest BCUT2D eigenvalue weighted by molar-refractivity contribution is 0.222. The predicted octanol–water partition coefficient (Wildman–Crippen LogP) is 0.269. The van der Waals surface area contributed by atoms with E-state index in [1.165, 1.54) is 0 Å². The Hall–Kier alpha value is -1.44. The topological polar surface area (TPSA) is 80.2 Å². The molecule has 0 aromatic carbocycles. The van der Waals surface area contributed by atoms with Crippen molar-refractivity contribution >= 4 is 22.7 Å². The van der Waals surface area contributed by atoms with Gasteiger partial charge in [-0.25, -0.2) is 0 Å². The fourth-order valence-electron chi connectivity index (χ4n) is 1.70. The van der Waals surface area contributed by atoms with Gasteiger partial charge >= 0.3 is 6.01 Å². The first-order valence-electron chi connectivity index (χ1n) is 6.29. The normalized spacial score (nSPS) is 16.7. The van der Waals surface area contributed by atoms with Crippen LogP contribution in [-0.4, -0.2) is 56.9 Å². The molecule has 0 aliphatic carbocycles. The highest BCUT2D eigenvalue weighted by atomic mass is 32.2. The second-order valence-corrected chi connectivity index (χ2v) is 6.19. The monoisotopic (exact) mass is 285 g/mol. The molecule has 0 radical (unpaired) electrons. The smallest absolute Gasteiger partial charge is 0.323 e. The van der Waals surface area contributed by atoms with Crippen molar-refractivity contribution in [2.75, 3.05) is 41.9 Å². The van der Waals surface area contributed by atoms with Gasteiger partial charge in [0.05, 0.1) is 6.10 Å². The second-order valence-electron chi connectivity index (χ2n) is 4.49. The van der Waals surface area contributed by atoms with Gasteiger partial charge in [0.25, 0.3) is 0 Å². The maximum atomic E-state index is 11.4. The fraction of sp³-hybridized carbons (Fsp3) is 0.727. The van der Waals surface area contributed by atoms with Gasteiger partial charge in [0.15, 0.2) is 0 Å². The van der Waals surface area contributed by atoms with Crippen molar-refractivity contribution in [3.63, 3.8) is 0 Å². The molecule has 106 valence electrons. The molecule has 1 aromatic rings. The van der Waals surface area contributed by atoms with Gasteiger partial charge in [0.2, 0.25) is 11.9 Å². The van der Waals surface area contributed by atoms with Crippen molar-refractivity contribution in [3.8, 4) is 6.01 Å². The molecule has 2 heterocycles. The summed E-state index contributed by atoms with van der Waals surface area (Å²) in [6, 6.07) is 0.316. The lowest BCUT2D eigenvalue weighted by Crippen LogP contribution is -2.39. The third-order valence-corrected chi connectivity index (χ3v) is 3.90. The van der Waals surface area contributed by atoms with Crippen molar-refractivity contribution in [2.45, 2.75) is 20.0 Å². The Labute approximate surface area is 115 Å². The predicted molar refractivity (Wildman–Crippen MR) is 75.2 cm³/mol. The van der Waals surface area contributed by atoms with E-state index >= 15 is 0 Å². The van der Waals surface area contributed by atoms with Crippen LogP contribution in [0, 0.1) is 0 Å². The molecular weight excluding hydrogens is 266 g/mol. The van der Waals surface area contributed by atoms with Crippen LogP contribution in [0.15, 0.2) is 0 Å². The number of hydrogen-bond donors (Lipinski definition) is 1. The number of hydrogen-bond acceptors (Lipinski definition) is 7. The summed E-state index contributed by atoms with van der Waals surface area (Å²) >= 11 is 0. The van der Waals surface area contributed by atoms with Crippen LogP contribution in [-0.2, 0) is 10.8 Å². The van der Waals surface area contributed by atoms with E-state index in [1.807, 2.05) is 18.7 Å². The minimum Gasteiger partial charge on any atom is -0.461 e. The molecule has 8 heteroatoms. The van der Waals surface area contributed by atoms with Crippen molar-refractivity contribution < 1.29 is 8.95 Å². The van der Waals surface area contributed by atoms with Gasteiger partial charge in [-0.15, -0.1) is 0 Å². The van der Waals surface area contributed by atoms with Crippen LogP contribution < -0.4 is 15.0 Å². The number of nitrogens with zero attached hydrogens (tertiary/aromatic N) is 4. The Morgan fingerprint density at radius 2 is 1.95 bits per heavy atom. The van der Waals surface area contributed by atoms with Crippen LogP contribution in [0.4, 0.5) is 11.9 Å². The Kier molecular flexibility index (Phi) is 4.52. The summed E-state index contributed by atoms with van der Waals surface area (Å²) in [5.74, 6) is 2.36. The fourth-order valence-corrected chi connectivity index (χ4v) is 2.75. The zero-order valence-electron chi connectivity index (χ0n) is 11.4. The van der Waals surface area contributed by atoms with E-state index in [-0.39, 0.29) is 6.10 Å². The minimum absolute atomic E-state index is 0.00816. The van der Waals surface area contributed by atoms with Crippen LogP contribution >= 0.6 is 0 Å². The largest absolute Gasteiger partial charge is 0.461 e. The number of rotatable bonds is 4. The molecule has 1 aliphatic heterocycles. The first-order chi connectivity index (χ1) is 9.08. The maximum Gasteiger partial charge on any atom is 0.323 e. The second kappa shape index (κ2) is 6.14. The van der Waals surface area contributed by atoms with Gasteiger partial charge < -0.3 is 15.0 Å². The average molecular weight is 285 g/mol. The van der Waals surface area contributed by atoms with Gasteiger partial charge in [0.1, 0.15) is 0 Å². The third-order valence-electron chi connectivity index (χ3n) is 2.63. The molecule has 7 nitrogen and oxygen atoms in total. The SMILES string of the molecule is CNc1nc(OC(C)C)nc(N2CCS(=O)CC2)n1. The zero-order chi connectivity index (χ0) is 13.8. The van der Waals surface area contributed by atoms with E-state index in [1.54, 1.807) is 7.05 Å². The molecule has 1 fully saturated rings. The lowest BCUT2D eigenvalue weighted by atomic mass is 10.5. The summed E-state index contributed by atoms with van der Waals surface area (Å²) in [6.07, 6.45) is 0.00816. The number of nitrogens with one attached hydrogen (secondary N) is 1. The quantitative estimate of drug-likeness (QED) is 0.850. The highest BCUT2D eigenvalue weighted by Crippen LogP contribution is 2.17. The van der Waals surface area contributed by atoms with E-state index in [0.717, 1.165) is 0 Å². The summed E-state index contributed by atoms with van der Waals surface area (Å²) < 4.78 is 16.9. The molecule has 1 N–H and O–H groups in total. The molecular formula is C11H19N5O2S. The molecule has 1 aromatic heterocycles. The summed E-state index contributed by atoms with van der Waals surface area (Å²) in [6.45, 7) is 5.24. The third kappa shape index (κ3) is 3.76. The summed E-state index contributed by atoms with van der Waals surface area (Å²) in [4.78, 5) is 14.8. The molecule has 1 saturated heterocycles. The Balaban J connectivity index is 2.21. The van der Waals surface area contributed by atoms with Gasteiger partial charge in [-0.2, -0.15) is 15.0 Å². The van der Waals surface area contributed by atoms with Crippen molar-refractivity contribution in [2.24, 2.45) is 0 Å².